The maximum absolute atomic E-state index is 5.82. The number of rotatable bonds is 5. The molecule has 0 spiro atoms. The fourth-order valence-corrected chi connectivity index (χ4v) is 1.66. The second kappa shape index (κ2) is 5.76. The first kappa shape index (κ1) is 12.1. The van der Waals surface area contributed by atoms with Gasteiger partial charge in [0.2, 0.25) is 0 Å². The van der Waals surface area contributed by atoms with Crippen LogP contribution in [0.15, 0.2) is 18.2 Å². The number of hydrogen-bond donors (Lipinski definition) is 1. The third kappa shape index (κ3) is 3.92. The van der Waals surface area contributed by atoms with Crippen molar-refractivity contribution in [2.24, 2.45) is 0 Å². The maximum atomic E-state index is 5.82. The summed E-state index contributed by atoms with van der Waals surface area (Å²) >= 11 is 0. The molecule has 0 aliphatic carbocycles. The van der Waals surface area contributed by atoms with E-state index >= 15 is 0 Å². The van der Waals surface area contributed by atoms with Crippen LogP contribution < -0.4 is 10.1 Å². The average Bonchev–Trinajstić information content (AvgIpc) is 2.17. The van der Waals surface area contributed by atoms with Crippen LogP contribution in [0.3, 0.4) is 0 Å². The second-order valence-electron chi connectivity index (χ2n) is 3.99. The highest BCUT2D eigenvalue weighted by molar-refractivity contribution is 5.33. The smallest absolute Gasteiger partial charge is 0.120 e. The molecule has 1 rings (SSSR count). The molecule has 15 heavy (non-hydrogen) atoms. The molecule has 0 saturated heterocycles. The largest absolute Gasteiger partial charge is 0.489 e. The molecule has 0 aromatic heterocycles. The summed E-state index contributed by atoms with van der Waals surface area (Å²) in [7, 11) is 1.94. The number of ether oxygens (including phenoxy) is 1. The van der Waals surface area contributed by atoms with Gasteiger partial charge in [-0.05, 0) is 50.6 Å². The summed E-state index contributed by atoms with van der Waals surface area (Å²) in [6.45, 7) is 7.21. The fourth-order valence-electron chi connectivity index (χ4n) is 1.66. The second-order valence-corrected chi connectivity index (χ2v) is 3.99. The van der Waals surface area contributed by atoms with Gasteiger partial charge in [0.15, 0.2) is 0 Å². The van der Waals surface area contributed by atoms with E-state index in [4.69, 9.17) is 4.74 Å². The van der Waals surface area contributed by atoms with E-state index in [0.717, 1.165) is 18.7 Å². The van der Waals surface area contributed by atoms with Gasteiger partial charge in [-0.1, -0.05) is 13.0 Å². The molecule has 1 aromatic rings. The molecule has 2 nitrogen and oxygen atoms in total. The predicted molar refractivity (Wildman–Crippen MR) is 64.6 cm³/mol. The SMILES string of the molecule is CCc1cc(C)cc(O[C@@H](C)CNC)c1. The van der Waals surface area contributed by atoms with Gasteiger partial charge in [-0.15, -0.1) is 0 Å². The van der Waals surface area contributed by atoms with Crippen molar-refractivity contribution in [1.29, 1.82) is 0 Å². The lowest BCUT2D eigenvalue weighted by molar-refractivity contribution is 0.220. The van der Waals surface area contributed by atoms with Gasteiger partial charge in [-0.25, -0.2) is 0 Å². The molecule has 0 bridgehead atoms. The number of aryl methyl sites for hydroxylation is 2. The molecule has 0 radical (unpaired) electrons. The Bertz CT molecular complexity index is 309. The Balaban J connectivity index is 2.71. The molecule has 0 heterocycles. The predicted octanol–water partition coefficient (Wildman–Crippen LogP) is 2.54. The highest BCUT2D eigenvalue weighted by Gasteiger charge is 2.03. The minimum absolute atomic E-state index is 0.210. The van der Waals surface area contributed by atoms with E-state index in [1.54, 1.807) is 0 Å². The molecule has 1 atom stereocenters. The van der Waals surface area contributed by atoms with E-state index in [9.17, 15) is 0 Å². The molecular weight excluding hydrogens is 186 g/mol. The van der Waals surface area contributed by atoms with Crippen molar-refractivity contribution in [1.82, 2.24) is 5.32 Å². The summed E-state index contributed by atoms with van der Waals surface area (Å²) in [6, 6.07) is 6.42. The molecule has 0 aliphatic rings. The van der Waals surface area contributed by atoms with Gasteiger partial charge in [0.05, 0.1) is 0 Å². The Hall–Kier alpha value is -1.02. The van der Waals surface area contributed by atoms with E-state index in [1.807, 2.05) is 7.05 Å². The van der Waals surface area contributed by atoms with Crippen molar-refractivity contribution < 1.29 is 4.74 Å². The van der Waals surface area contributed by atoms with Crippen molar-refractivity contribution in [3.63, 3.8) is 0 Å². The first-order valence-electron chi connectivity index (χ1n) is 5.57. The van der Waals surface area contributed by atoms with Crippen molar-refractivity contribution in [2.45, 2.75) is 33.3 Å². The summed E-state index contributed by atoms with van der Waals surface area (Å²) in [5.41, 5.74) is 2.60. The third-order valence-electron chi connectivity index (χ3n) is 2.35. The molecule has 0 amide bonds. The summed E-state index contributed by atoms with van der Waals surface area (Å²) in [5.74, 6) is 0.981. The molecule has 1 aromatic carbocycles. The highest BCUT2D eigenvalue weighted by atomic mass is 16.5. The standard InChI is InChI=1S/C13H21NO/c1-5-12-6-10(2)7-13(8-12)15-11(3)9-14-4/h6-8,11,14H,5,9H2,1-4H3/t11-/m0/s1. The van der Waals surface area contributed by atoms with Gasteiger partial charge < -0.3 is 10.1 Å². The van der Waals surface area contributed by atoms with E-state index in [2.05, 4.69) is 44.3 Å². The van der Waals surface area contributed by atoms with Crippen LogP contribution in [0.1, 0.15) is 25.0 Å². The molecule has 0 saturated carbocycles. The van der Waals surface area contributed by atoms with Crippen LogP contribution >= 0.6 is 0 Å². The summed E-state index contributed by atoms with van der Waals surface area (Å²) in [6.07, 6.45) is 1.26. The van der Waals surface area contributed by atoms with Gasteiger partial charge in [0.25, 0.3) is 0 Å². The molecule has 2 heteroatoms. The van der Waals surface area contributed by atoms with Crippen molar-refractivity contribution in [3.05, 3.63) is 29.3 Å². The minimum Gasteiger partial charge on any atom is -0.489 e. The Labute approximate surface area is 92.6 Å². The van der Waals surface area contributed by atoms with Gasteiger partial charge >= 0.3 is 0 Å². The van der Waals surface area contributed by atoms with Crippen LogP contribution in [0.5, 0.6) is 5.75 Å². The zero-order chi connectivity index (χ0) is 11.3. The third-order valence-corrected chi connectivity index (χ3v) is 2.35. The van der Waals surface area contributed by atoms with Gasteiger partial charge in [0.1, 0.15) is 11.9 Å². The lowest BCUT2D eigenvalue weighted by Crippen LogP contribution is -2.26. The zero-order valence-electron chi connectivity index (χ0n) is 10.1. The Morgan fingerprint density at radius 2 is 2.07 bits per heavy atom. The normalized spacial score (nSPS) is 12.5. The lowest BCUT2D eigenvalue weighted by Gasteiger charge is -2.15. The van der Waals surface area contributed by atoms with Crippen LogP contribution in [0, 0.1) is 6.92 Å². The number of nitrogens with one attached hydrogen (secondary N) is 1. The molecule has 0 fully saturated rings. The van der Waals surface area contributed by atoms with Crippen LogP contribution in [0.4, 0.5) is 0 Å². The molecular formula is C13H21NO. The Morgan fingerprint density at radius 3 is 2.67 bits per heavy atom. The number of likely N-dealkylation sites (N-methyl/N-ethyl adjacent to an activating group) is 1. The lowest BCUT2D eigenvalue weighted by atomic mass is 10.1. The monoisotopic (exact) mass is 207 g/mol. The van der Waals surface area contributed by atoms with Crippen molar-refractivity contribution in [2.75, 3.05) is 13.6 Å². The molecule has 84 valence electrons. The van der Waals surface area contributed by atoms with Crippen LogP contribution in [0.2, 0.25) is 0 Å². The first-order valence-corrected chi connectivity index (χ1v) is 5.57. The van der Waals surface area contributed by atoms with Gasteiger partial charge in [0, 0.05) is 6.54 Å². The summed E-state index contributed by atoms with van der Waals surface area (Å²) in [5, 5.41) is 3.11. The highest BCUT2D eigenvalue weighted by Crippen LogP contribution is 2.18. The van der Waals surface area contributed by atoms with E-state index in [-0.39, 0.29) is 6.10 Å². The average molecular weight is 207 g/mol. The minimum atomic E-state index is 0.210. The van der Waals surface area contributed by atoms with Crippen molar-refractivity contribution >= 4 is 0 Å². The van der Waals surface area contributed by atoms with Crippen LogP contribution in [-0.4, -0.2) is 19.7 Å². The van der Waals surface area contributed by atoms with E-state index in [1.165, 1.54) is 11.1 Å². The summed E-state index contributed by atoms with van der Waals surface area (Å²) < 4.78 is 5.82. The van der Waals surface area contributed by atoms with E-state index in [0.29, 0.717) is 0 Å². The van der Waals surface area contributed by atoms with Gasteiger partial charge in [-0.3, -0.25) is 0 Å². The Morgan fingerprint density at radius 1 is 1.33 bits per heavy atom. The number of hydrogen-bond acceptors (Lipinski definition) is 2. The topological polar surface area (TPSA) is 21.3 Å². The number of benzene rings is 1. The van der Waals surface area contributed by atoms with Crippen LogP contribution in [0.25, 0.3) is 0 Å². The molecule has 1 N–H and O–H groups in total. The van der Waals surface area contributed by atoms with Gasteiger partial charge in [-0.2, -0.15) is 0 Å². The van der Waals surface area contributed by atoms with E-state index < -0.39 is 0 Å². The first-order chi connectivity index (χ1) is 7.15. The maximum Gasteiger partial charge on any atom is 0.120 e. The zero-order valence-corrected chi connectivity index (χ0v) is 10.1. The van der Waals surface area contributed by atoms with Crippen LogP contribution in [-0.2, 0) is 6.42 Å². The quantitative estimate of drug-likeness (QED) is 0.801. The van der Waals surface area contributed by atoms with Crippen molar-refractivity contribution in [3.8, 4) is 5.75 Å². The Kier molecular flexibility index (Phi) is 4.63. The summed E-state index contributed by atoms with van der Waals surface area (Å²) in [4.78, 5) is 0. The molecule has 0 aliphatic heterocycles. The fraction of sp³-hybridized carbons (Fsp3) is 0.538. The molecule has 0 unspecified atom stereocenters.